The van der Waals surface area contributed by atoms with Crippen molar-refractivity contribution in [2.75, 3.05) is 39.5 Å². The zero-order valence-electron chi connectivity index (χ0n) is 16.7. The second-order valence-corrected chi connectivity index (χ2v) is 8.59. The first-order valence-corrected chi connectivity index (χ1v) is 10.4. The standard InChI is InChI=1S/C19H27N3O5S/c1-13-17(28-14(2)20-13)18(25)22-6-4-5-19(22,12-27-15(3)23)11-16(24)21-7-9-26-10-8-21/h4-12H2,1-3H3. The zero-order valence-corrected chi connectivity index (χ0v) is 17.5. The molecule has 0 bridgehead atoms. The number of ether oxygens (including phenoxy) is 2. The topological polar surface area (TPSA) is 89.0 Å². The van der Waals surface area contributed by atoms with Gasteiger partial charge in [-0.1, -0.05) is 0 Å². The number of hydrogen-bond donors (Lipinski definition) is 0. The Labute approximate surface area is 168 Å². The molecule has 9 heteroatoms. The average Bonchev–Trinajstić information content (AvgIpc) is 3.23. The predicted octanol–water partition coefficient (Wildman–Crippen LogP) is 1.55. The minimum absolute atomic E-state index is 0.0288. The van der Waals surface area contributed by atoms with E-state index in [-0.39, 0.29) is 24.8 Å². The van der Waals surface area contributed by atoms with Crippen LogP contribution in [0, 0.1) is 13.8 Å². The highest BCUT2D eigenvalue weighted by Gasteiger charge is 2.47. The van der Waals surface area contributed by atoms with E-state index in [1.165, 1.54) is 18.3 Å². The van der Waals surface area contributed by atoms with E-state index in [0.717, 1.165) is 11.4 Å². The van der Waals surface area contributed by atoms with Gasteiger partial charge in [0.25, 0.3) is 5.91 Å². The maximum absolute atomic E-state index is 13.3. The molecule has 0 N–H and O–H groups in total. The summed E-state index contributed by atoms with van der Waals surface area (Å²) in [7, 11) is 0. The lowest BCUT2D eigenvalue weighted by Gasteiger charge is -2.39. The summed E-state index contributed by atoms with van der Waals surface area (Å²) < 4.78 is 10.7. The number of aryl methyl sites for hydroxylation is 2. The van der Waals surface area contributed by atoms with Gasteiger partial charge in [0.05, 0.1) is 35.9 Å². The van der Waals surface area contributed by atoms with E-state index in [2.05, 4.69) is 4.98 Å². The van der Waals surface area contributed by atoms with Gasteiger partial charge in [-0.2, -0.15) is 0 Å². The van der Waals surface area contributed by atoms with E-state index in [1.807, 2.05) is 13.8 Å². The number of carbonyl (C=O) groups is 3. The maximum atomic E-state index is 13.3. The molecule has 3 heterocycles. The van der Waals surface area contributed by atoms with Crippen molar-refractivity contribution in [2.45, 2.75) is 45.6 Å². The average molecular weight is 410 g/mol. The number of nitrogens with zero attached hydrogens (tertiary/aromatic N) is 3. The second-order valence-electron chi connectivity index (χ2n) is 7.38. The Balaban J connectivity index is 1.85. The van der Waals surface area contributed by atoms with Gasteiger partial charge in [-0.05, 0) is 26.7 Å². The quantitative estimate of drug-likeness (QED) is 0.686. The van der Waals surface area contributed by atoms with Crippen molar-refractivity contribution in [3.05, 3.63) is 15.6 Å². The normalized spacial score (nSPS) is 22.4. The molecule has 2 fully saturated rings. The van der Waals surface area contributed by atoms with Crippen molar-refractivity contribution in [2.24, 2.45) is 0 Å². The van der Waals surface area contributed by atoms with Crippen molar-refractivity contribution in [1.29, 1.82) is 0 Å². The van der Waals surface area contributed by atoms with Crippen LogP contribution in [0.4, 0.5) is 0 Å². The van der Waals surface area contributed by atoms with Crippen LogP contribution in [0.1, 0.15) is 46.6 Å². The third-order valence-electron chi connectivity index (χ3n) is 5.33. The molecule has 0 saturated carbocycles. The molecular weight excluding hydrogens is 382 g/mol. The first-order valence-electron chi connectivity index (χ1n) is 9.57. The van der Waals surface area contributed by atoms with Gasteiger partial charge in [0.2, 0.25) is 5.91 Å². The van der Waals surface area contributed by atoms with Crippen molar-refractivity contribution < 1.29 is 23.9 Å². The van der Waals surface area contributed by atoms with Gasteiger partial charge < -0.3 is 19.3 Å². The highest BCUT2D eigenvalue weighted by Crippen LogP contribution is 2.36. The predicted molar refractivity (Wildman–Crippen MR) is 103 cm³/mol. The van der Waals surface area contributed by atoms with E-state index in [4.69, 9.17) is 9.47 Å². The third-order valence-corrected chi connectivity index (χ3v) is 6.39. The van der Waals surface area contributed by atoms with Crippen molar-refractivity contribution in [1.82, 2.24) is 14.8 Å². The van der Waals surface area contributed by atoms with Gasteiger partial charge in [0.1, 0.15) is 11.5 Å². The highest BCUT2D eigenvalue weighted by molar-refractivity contribution is 7.13. The second kappa shape index (κ2) is 8.57. The molecule has 0 aliphatic carbocycles. The van der Waals surface area contributed by atoms with Crippen LogP contribution in [0.15, 0.2) is 0 Å². The van der Waals surface area contributed by atoms with Crippen molar-refractivity contribution in [3.63, 3.8) is 0 Å². The monoisotopic (exact) mass is 409 g/mol. The Morgan fingerprint density at radius 3 is 2.54 bits per heavy atom. The molecule has 2 saturated heterocycles. The molecule has 2 aliphatic rings. The fourth-order valence-electron chi connectivity index (χ4n) is 3.93. The lowest BCUT2D eigenvalue weighted by molar-refractivity contribution is -0.148. The molecule has 1 unspecified atom stereocenters. The lowest BCUT2D eigenvalue weighted by Crippen LogP contribution is -2.54. The molecule has 1 atom stereocenters. The van der Waals surface area contributed by atoms with Crippen LogP contribution in [0.25, 0.3) is 0 Å². The summed E-state index contributed by atoms with van der Waals surface area (Å²) in [6.45, 7) is 7.72. The summed E-state index contributed by atoms with van der Waals surface area (Å²) in [5.41, 5.74) is -0.122. The van der Waals surface area contributed by atoms with Gasteiger partial charge in [-0.15, -0.1) is 11.3 Å². The van der Waals surface area contributed by atoms with Crippen LogP contribution in [0.3, 0.4) is 0 Å². The fraction of sp³-hybridized carbons (Fsp3) is 0.684. The van der Waals surface area contributed by atoms with E-state index in [1.54, 1.807) is 9.80 Å². The molecule has 154 valence electrons. The summed E-state index contributed by atoms with van der Waals surface area (Å²) in [6, 6.07) is 0. The van der Waals surface area contributed by atoms with E-state index < -0.39 is 11.5 Å². The van der Waals surface area contributed by atoms with E-state index in [9.17, 15) is 14.4 Å². The Kier molecular flexibility index (Phi) is 6.34. The summed E-state index contributed by atoms with van der Waals surface area (Å²) in [4.78, 5) is 46.2. The van der Waals surface area contributed by atoms with Crippen LogP contribution in [-0.4, -0.2) is 77.6 Å². The molecule has 0 aromatic carbocycles. The number of esters is 1. The summed E-state index contributed by atoms with van der Waals surface area (Å²) in [5.74, 6) is -0.586. The van der Waals surface area contributed by atoms with Gasteiger partial charge in [0.15, 0.2) is 0 Å². The summed E-state index contributed by atoms with van der Waals surface area (Å²) in [5, 5.41) is 0.829. The van der Waals surface area contributed by atoms with Gasteiger partial charge in [-0.3, -0.25) is 14.4 Å². The number of amides is 2. The number of carbonyl (C=O) groups excluding carboxylic acids is 3. The number of rotatable bonds is 5. The van der Waals surface area contributed by atoms with Crippen LogP contribution >= 0.6 is 11.3 Å². The summed E-state index contributed by atoms with van der Waals surface area (Å²) in [6.07, 6.45) is 1.53. The number of likely N-dealkylation sites (tertiary alicyclic amines) is 1. The molecule has 28 heavy (non-hydrogen) atoms. The molecule has 0 spiro atoms. The lowest BCUT2D eigenvalue weighted by atomic mass is 9.91. The highest BCUT2D eigenvalue weighted by atomic mass is 32.1. The van der Waals surface area contributed by atoms with E-state index >= 15 is 0 Å². The minimum atomic E-state index is -0.817. The van der Waals surface area contributed by atoms with E-state index in [0.29, 0.717) is 49.8 Å². The number of aromatic nitrogens is 1. The van der Waals surface area contributed by atoms with Crippen molar-refractivity contribution >= 4 is 29.1 Å². The molecule has 2 amide bonds. The van der Waals surface area contributed by atoms with Gasteiger partial charge >= 0.3 is 5.97 Å². The molecular formula is C19H27N3O5S. The third kappa shape index (κ3) is 4.35. The Morgan fingerprint density at radius 2 is 1.93 bits per heavy atom. The molecule has 1 aromatic heterocycles. The van der Waals surface area contributed by atoms with Crippen LogP contribution in [0.2, 0.25) is 0 Å². The Hall–Kier alpha value is -2.00. The number of morpholine rings is 1. The van der Waals surface area contributed by atoms with Crippen molar-refractivity contribution in [3.8, 4) is 0 Å². The first-order chi connectivity index (χ1) is 13.3. The van der Waals surface area contributed by atoms with Crippen LogP contribution < -0.4 is 0 Å². The fourth-order valence-corrected chi connectivity index (χ4v) is 4.80. The maximum Gasteiger partial charge on any atom is 0.302 e. The SMILES string of the molecule is CC(=O)OCC1(CC(=O)N2CCOCC2)CCCN1C(=O)c1sc(C)nc1C. The smallest absolute Gasteiger partial charge is 0.302 e. The zero-order chi connectivity index (χ0) is 20.3. The number of thiazole rings is 1. The Morgan fingerprint density at radius 1 is 1.21 bits per heavy atom. The minimum Gasteiger partial charge on any atom is -0.463 e. The Bertz CT molecular complexity index is 759. The molecule has 8 nitrogen and oxygen atoms in total. The van der Waals surface area contributed by atoms with Gasteiger partial charge in [-0.25, -0.2) is 4.98 Å². The molecule has 1 aromatic rings. The largest absolute Gasteiger partial charge is 0.463 e. The molecule has 0 radical (unpaired) electrons. The first kappa shape index (κ1) is 20.7. The number of hydrogen-bond acceptors (Lipinski definition) is 7. The molecule has 3 rings (SSSR count). The van der Waals surface area contributed by atoms with Crippen LogP contribution in [-0.2, 0) is 19.1 Å². The molecule has 2 aliphatic heterocycles. The van der Waals surface area contributed by atoms with Crippen LogP contribution in [0.5, 0.6) is 0 Å². The summed E-state index contributed by atoms with van der Waals surface area (Å²) >= 11 is 1.36. The van der Waals surface area contributed by atoms with Gasteiger partial charge in [0, 0.05) is 26.6 Å².